The van der Waals surface area contributed by atoms with Crippen LogP contribution in [0.3, 0.4) is 0 Å². The molecule has 0 saturated carbocycles. The van der Waals surface area contributed by atoms with Gasteiger partial charge in [-0.1, -0.05) is 0 Å². The molecule has 2 saturated heterocycles. The summed E-state index contributed by atoms with van der Waals surface area (Å²) in [6.45, 7) is 8.72. The third-order valence-electron chi connectivity index (χ3n) is 4.67. The maximum absolute atomic E-state index is 12.9. The number of carbonyl (C=O) groups is 2. The minimum atomic E-state index is -0.664. The normalized spacial score (nSPS) is 22.2. The van der Waals surface area contributed by atoms with E-state index in [9.17, 15) is 9.59 Å². The lowest BCUT2D eigenvalue weighted by Crippen LogP contribution is -2.59. The molecule has 2 N–H and O–H groups in total. The number of piperidine rings is 1. The summed E-state index contributed by atoms with van der Waals surface area (Å²) in [5.74, 6) is 0.152. The second-order valence-electron chi connectivity index (χ2n) is 6.74. The Balaban J connectivity index is 1.83. The number of nitrogens with zero attached hydrogens (tertiary/aromatic N) is 2. The molecule has 0 aromatic rings. The van der Waals surface area contributed by atoms with E-state index in [-0.39, 0.29) is 17.9 Å². The smallest absolute Gasteiger partial charge is 0.254 e. The fourth-order valence-corrected chi connectivity index (χ4v) is 3.30. The van der Waals surface area contributed by atoms with Gasteiger partial charge in [-0.05, 0) is 39.8 Å². The highest BCUT2D eigenvalue weighted by atomic mass is 16.5. The molecule has 0 aromatic heterocycles. The Hall–Kier alpha value is -1.18. The van der Waals surface area contributed by atoms with Crippen molar-refractivity contribution >= 4 is 11.8 Å². The van der Waals surface area contributed by atoms with Crippen molar-refractivity contribution in [3.05, 3.63) is 0 Å². The Kier molecular flexibility index (Phi) is 6.38. The number of carbonyl (C=O) groups excluding carboxylic acids is 2. The van der Waals surface area contributed by atoms with Crippen LogP contribution in [0.25, 0.3) is 0 Å². The van der Waals surface area contributed by atoms with Gasteiger partial charge < -0.3 is 20.3 Å². The number of hydrogen-bond acceptors (Lipinski definition) is 5. The Bertz CT molecular complexity index is 414. The third kappa shape index (κ3) is 4.65. The fraction of sp³-hybridized carbons (Fsp3) is 0.875. The van der Waals surface area contributed by atoms with Gasteiger partial charge in [-0.2, -0.15) is 0 Å². The van der Waals surface area contributed by atoms with Gasteiger partial charge in [0.2, 0.25) is 5.91 Å². The van der Waals surface area contributed by atoms with Crippen molar-refractivity contribution in [1.82, 2.24) is 20.4 Å². The van der Waals surface area contributed by atoms with E-state index in [1.165, 1.54) is 0 Å². The first-order valence-electron chi connectivity index (χ1n) is 8.54. The molecule has 0 aliphatic carbocycles. The first-order chi connectivity index (χ1) is 11.0. The van der Waals surface area contributed by atoms with E-state index in [4.69, 9.17) is 4.74 Å². The molecular formula is C16H30N4O3. The molecule has 2 rings (SSSR count). The monoisotopic (exact) mass is 326 g/mol. The Morgan fingerprint density at radius 2 is 1.78 bits per heavy atom. The van der Waals surface area contributed by atoms with Gasteiger partial charge >= 0.3 is 0 Å². The van der Waals surface area contributed by atoms with Gasteiger partial charge in [0.15, 0.2) is 0 Å². The molecule has 2 amide bonds. The summed E-state index contributed by atoms with van der Waals surface area (Å²) in [6.07, 6.45) is 1.44. The number of piperazine rings is 1. The second kappa shape index (κ2) is 8.08. The minimum Gasteiger partial charge on any atom is -0.368 e. The quantitative estimate of drug-likeness (QED) is 0.707. The van der Waals surface area contributed by atoms with E-state index in [0.717, 1.165) is 39.0 Å². The van der Waals surface area contributed by atoms with E-state index in [1.807, 2.05) is 18.7 Å². The van der Waals surface area contributed by atoms with Crippen LogP contribution in [0.1, 0.15) is 26.7 Å². The SMILES string of the molecule is COC1(C(=O)N2CCN(CC(=O)NC(C)C)CC2)CCNCC1. The minimum absolute atomic E-state index is 0.0477. The topological polar surface area (TPSA) is 73.9 Å². The van der Waals surface area contributed by atoms with Crippen LogP contribution in [-0.2, 0) is 14.3 Å². The van der Waals surface area contributed by atoms with Gasteiger partial charge in [0.05, 0.1) is 6.54 Å². The van der Waals surface area contributed by atoms with Crippen LogP contribution < -0.4 is 10.6 Å². The fourth-order valence-electron chi connectivity index (χ4n) is 3.30. The number of amides is 2. The summed E-state index contributed by atoms with van der Waals surface area (Å²) in [5.41, 5.74) is -0.664. The van der Waals surface area contributed by atoms with E-state index in [0.29, 0.717) is 19.6 Å². The maximum atomic E-state index is 12.9. The summed E-state index contributed by atoms with van der Waals surface area (Å²) in [7, 11) is 1.63. The van der Waals surface area contributed by atoms with Crippen molar-refractivity contribution in [2.24, 2.45) is 0 Å². The van der Waals surface area contributed by atoms with Gasteiger partial charge in [0, 0.05) is 39.3 Å². The summed E-state index contributed by atoms with van der Waals surface area (Å²) in [4.78, 5) is 28.7. The average Bonchev–Trinajstić information content (AvgIpc) is 2.54. The van der Waals surface area contributed by atoms with Crippen molar-refractivity contribution < 1.29 is 14.3 Å². The van der Waals surface area contributed by atoms with Crippen LogP contribution in [0, 0.1) is 0 Å². The summed E-state index contributed by atoms with van der Waals surface area (Å²) >= 11 is 0. The molecule has 0 atom stereocenters. The van der Waals surface area contributed by atoms with E-state index >= 15 is 0 Å². The molecule has 0 spiro atoms. The lowest BCUT2D eigenvalue weighted by atomic mass is 9.90. The molecule has 0 bridgehead atoms. The summed E-state index contributed by atoms with van der Waals surface area (Å²) in [5, 5.41) is 6.18. The lowest BCUT2D eigenvalue weighted by Gasteiger charge is -2.42. The Morgan fingerprint density at radius 1 is 1.17 bits per heavy atom. The highest BCUT2D eigenvalue weighted by molar-refractivity contribution is 5.85. The zero-order valence-corrected chi connectivity index (χ0v) is 14.6. The molecular weight excluding hydrogens is 296 g/mol. The van der Waals surface area contributed by atoms with Gasteiger partial charge in [0.1, 0.15) is 5.60 Å². The molecule has 0 aromatic carbocycles. The number of nitrogens with one attached hydrogen (secondary N) is 2. The zero-order chi connectivity index (χ0) is 16.9. The van der Waals surface area contributed by atoms with Crippen molar-refractivity contribution in [2.75, 3.05) is 52.9 Å². The highest BCUT2D eigenvalue weighted by Gasteiger charge is 2.43. The average molecular weight is 326 g/mol. The van der Waals surface area contributed by atoms with Crippen molar-refractivity contribution in [2.45, 2.75) is 38.3 Å². The molecule has 2 heterocycles. The van der Waals surface area contributed by atoms with Crippen LogP contribution in [0.5, 0.6) is 0 Å². The number of rotatable bonds is 5. The van der Waals surface area contributed by atoms with E-state index in [2.05, 4.69) is 15.5 Å². The van der Waals surface area contributed by atoms with Crippen molar-refractivity contribution in [3.63, 3.8) is 0 Å². The number of methoxy groups -OCH3 is 1. The number of hydrogen-bond donors (Lipinski definition) is 2. The standard InChI is InChI=1S/C16H30N4O3/c1-13(2)18-14(21)12-19-8-10-20(11-9-19)15(22)16(23-3)4-6-17-7-5-16/h13,17H,4-12H2,1-3H3,(H,18,21). The predicted octanol–water partition coefficient (Wildman–Crippen LogP) is -0.576. The Labute approximate surface area is 138 Å². The highest BCUT2D eigenvalue weighted by Crippen LogP contribution is 2.25. The maximum Gasteiger partial charge on any atom is 0.254 e. The largest absolute Gasteiger partial charge is 0.368 e. The third-order valence-corrected chi connectivity index (χ3v) is 4.67. The molecule has 2 fully saturated rings. The van der Waals surface area contributed by atoms with Crippen LogP contribution in [-0.4, -0.2) is 86.2 Å². The van der Waals surface area contributed by atoms with Gasteiger partial charge in [0.25, 0.3) is 5.91 Å². The molecule has 0 unspecified atom stereocenters. The van der Waals surface area contributed by atoms with Crippen LogP contribution in [0.2, 0.25) is 0 Å². The van der Waals surface area contributed by atoms with Crippen LogP contribution in [0.4, 0.5) is 0 Å². The second-order valence-corrected chi connectivity index (χ2v) is 6.74. The van der Waals surface area contributed by atoms with Gasteiger partial charge in [-0.3, -0.25) is 14.5 Å². The van der Waals surface area contributed by atoms with Crippen molar-refractivity contribution in [1.29, 1.82) is 0 Å². The predicted molar refractivity (Wildman–Crippen MR) is 88.1 cm³/mol. The molecule has 132 valence electrons. The molecule has 2 aliphatic heterocycles. The van der Waals surface area contributed by atoms with Crippen LogP contribution in [0.15, 0.2) is 0 Å². The first kappa shape index (κ1) is 18.2. The van der Waals surface area contributed by atoms with Crippen molar-refractivity contribution in [3.8, 4) is 0 Å². The number of ether oxygens (including phenoxy) is 1. The van der Waals surface area contributed by atoms with Crippen LogP contribution >= 0.6 is 0 Å². The lowest BCUT2D eigenvalue weighted by molar-refractivity contribution is -0.160. The molecule has 2 aliphatic rings. The summed E-state index contributed by atoms with van der Waals surface area (Å²) < 4.78 is 5.62. The first-order valence-corrected chi connectivity index (χ1v) is 8.54. The molecule has 0 radical (unpaired) electrons. The molecule has 23 heavy (non-hydrogen) atoms. The van der Waals surface area contributed by atoms with E-state index < -0.39 is 5.60 Å². The van der Waals surface area contributed by atoms with E-state index in [1.54, 1.807) is 7.11 Å². The zero-order valence-electron chi connectivity index (χ0n) is 14.6. The Morgan fingerprint density at radius 3 is 2.30 bits per heavy atom. The molecule has 7 nitrogen and oxygen atoms in total. The summed E-state index contributed by atoms with van der Waals surface area (Å²) in [6, 6.07) is 0.159. The van der Waals surface area contributed by atoms with Gasteiger partial charge in [-0.25, -0.2) is 0 Å². The van der Waals surface area contributed by atoms with Gasteiger partial charge in [-0.15, -0.1) is 0 Å². The molecule has 7 heteroatoms.